The molecule has 0 amide bonds. The van der Waals surface area contributed by atoms with E-state index in [-0.39, 0.29) is 11.3 Å². The minimum absolute atomic E-state index is 0.102. The molecule has 20 heavy (non-hydrogen) atoms. The highest BCUT2D eigenvalue weighted by molar-refractivity contribution is 5.92. The smallest absolute Gasteiger partial charge is 0.416 e. The normalized spacial score (nSPS) is 11.6. The van der Waals surface area contributed by atoms with Crippen LogP contribution in [-0.2, 0) is 10.9 Å². The van der Waals surface area contributed by atoms with Crippen LogP contribution in [0.1, 0.15) is 43.1 Å². The second-order valence-electron chi connectivity index (χ2n) is 4.51. The number of hydrogen-bond acceptors (Lipinski definition) is 3. The minimum Gasteiger partial charge on any atom is -0.493 e. The van der Waals surface area contributed by atoms with Crippen LogP contribution in [-0.4, -0.2) is 18.7 Å². The first kappa shape index (κ1) is 16.3. The van der Waals surface area contributed by atoms with E-state index in [9.17, 15) is 18.0 Å². The molecule has 1 aromatic rings. The number of hydrogen-bond donors (Lipinski definition) is 0. The van der Waals surface area contributed by atoms with Crippen LogP contribution < -0.4 is 4.74 Å². The lowest BCUT2D eigenvalue weighted by atomic mass is 10.1. The third kappa shape index (κ3) is 4.43. The van der Waals surface area contributed by atoms with Crippen LogP contribution in [0.15, 0.2) is 18.2 Å². The van der Waals surface area contributed by atoms with E-state index in [1.54, 1.807) is 13.8 Å². The van der Waals surface area contributed by atoms with Crippen molar-refractivity contribution in [2.24, 2.45) is 0 Å². The van der Waals surface area contributed by atoms with Crippen molar-refractivity contribution in [3.05, 3.63) is 29.3 Å². The van der Waals surface area contributed by atoms with Gasteiger partial charge in [0.25, 0.3) is 0 Å². The Bertz CT molecular complexity index is 467. The number of alkyl halides is 3. The van der Waals surface area contributed by atoms with Crippen LogP contribution in [0.5, 0.6) is 5.75 Å². The summed E-state index contributed by atoms with van der Waals surface area (Å²) < 4.78 is 48.3. The summed E-state index contributed by atoms with van der Waals surface area (Å²) >= 11 is 0. The molecule has 0 heterocycles. The van der Waals surface area contributed by atoms with Crippen molar-refractivity contribution in [2.75, 3.05) is 6.61 Å². The monoisotopic (exact) mass is 290 g/mol. The fourth-order valence-electron chi connectivity index (χ4n) is 1.48. The number of halogens is 3. The third-order valence-corrected chi connectivity index (χ3v) is 2.33. The average molecular weight is 290 g/mol. The molecular weight excluding hydrogens is 273 g/mol. The van der Waals surface area contributed by atoms with Gasteiger partial charge in [-0.1, -0.05) is 6.92 Å². The summed E-state index contributed by atoms with van der Waals surface area (Å²) in [7, 11) is 0. The molecule has 0 fully saturated rings. The summed E-state index contributed by atoms with van der Waals surface area (Å²) in [5.41, 5.74) is -1.11. The molecule has 6 heteroatoms. The average Bonchev–Trinajstić information content (AvgIpc) is 2.34. The molecule has 0 radical (unpaired) electrons. The molecule has 0 saturated carbocycles. The number of benzene rings is 1. The SMILES string of the molecule is CCCOc1ccc(C(F)(F)F)cc1C(=O)OC(C)C. The minimum atomic E-state index is -4.52. The lowest BCUT2D eigenvalue weighted by molar-refractivity contribution is -0.137. The van der Waals surface area contributed by atoms with Crippen molar-refractivity contribution in [1.82, 2.24) is 0 Å². The summed E-state index contributed by atoms with van der Waals surface area (Å²) in [6.07, 6.45) is -4.26. The number of rotatable bonds is 5. The molecule has 0 spiro atoms. The van der Waals surface area contributed by atoms with Crippen LogP contribution in [0.3, 0.4) is 0 Å². The molecule has 1 rings (SSSR count). The third-order valence-electron chi connectivity index (χ3n) is 2.33. The summed E-state index contributed by atoms with van der Waals surface area (Å²) in [6, 6.07) is 2.79. The van der Waals surface area contributed by atoms with Crippen molar-refractivity contribution < 1.29 is 27.4 Å². The summed E-state index contributed by atoms with van der Waals surface area (Å²) in [4.78, 5) is 11.8. The Labute approximate surface area is 115 Å². The molecule has 0 aromatic heterocycles. The molecular formula is C14H17F3O3. The molecule has 0 aliphatic heterocycles. The predicted octanol–water partition coefficient (Wildman–Crippen LogP) is 4.06. The molecule has 0 aliphatic rings. The Morgan fingerprint density at radius 1 is 1.30 bits per heavy atom. The van der Waals surface area contributed by atoms with Gasteiger partial charge in [-0.05, 0) is 38.5 Å². The van der Waals surface area contributed by atoms with E-state index < -0.39 is 23.8 Å². The number of esters is 1. The quantitative estimate of drug-likeness (QED) is 0.767. The fourth-order valence-corrected chi connectivity index (χ4v) is 1.48. The summed E-state index contributed by atoms with van der Waals surface area (Å²) in [6.45, 7) is 5.42. The van der Waals surface area contributed by atoms with Crippen molar-refractivity contribution in [3.8, 4) is 5.75 Å². The maximum Gasteiger partial charge on any atom is 0.416 e. The van der Waals surface area contributed by atoms with E-state index in [0.29, 0.717) is 13.0 Å². The van der Waals surface area contributed by atoms with E-state index in [2.05, 4.69) is 0 Å². The van der Waals surface area contributed by atoms with E-state index in [0.717, 1.165) is 18.2 Å². The second kappa shape index (κ2) is 6.63. The zero-order valence-corrected chi connectivity index (χ0v) is 11.6. The van der Waals surface area contributed by atoms with Crippen LogP contribution in [0.2, 0.25) is 0 Å². The Kier molecular flexibility index (Phi) is 5.42. The van der Waals surface area contributed by atoms with Gasteiger partial charge in [0.05, 0.1) is 18.3 Å². The zero-order chi connectivity index (χ0) is 15.3. The fraction of sp³-hybridized carbons (Fsp3) is 0.500. The second-order valence-corrected chi connectivity index (χ2v) is 4.51. The van der Waals surface area contributed by atoms with Crippen LogP contribution >= 0.6 is 0 Å². The van der Waals surface area contributed by atoms with Crippen LogP contribution in [0.25, 0.3) is 0 Å². The summed E-state index contributed by atoms with van der Waals surface area (Å²) in [5, 5.41) is 0. The topological polar surface area (TPSA) is 35.5 Å². The van der Waals surface area contributed by atoms with Gasteiger partial charge in [-0.25, -0.2) is 4.79 Å². The van der Waals surface area contributed by atoms with Gasteiger partial charge in [-0.2, -0.15) is 13.2 Å². The number of carbonyl (C=O) groups excluding carboxylic acids is 1. The molecule has 0 bridgehead atoms. The molecule has 0 unspecified atom stereocenters. The van der Waals surface area contributed by atoms with Crippen LogP contribution in [0, 0.1) is 0 Å². The lowest BCUT2D eigenvalue weighted by Gasteiger charge is -2.15. The molecule has 0 saturated heterocycles. The first-order valence-electron chi connectivity index (χ1n) is 6.30. The first-order valence-corrected chi connectivity index (χ1v) is 6.30. The van der Waals surface area contributed by atoms with Crippen molar-refractivity contribution in [2.45, 2.75) is 39.5 Å². The highest BCUT2D eigenvalue weighted by atomic mass is 19.4. The predicted molar refractivity (Wildman–Crippen MR) is 67.8 cm³/mol. The van der Waals surface area contributed by atoms with E-state index in [1.165, 1.54) is 0 Å². The maximum absolute atomic E-state index is 12.7. The Balaban J connectivity index is 3.15. The van der Waals surface area contributed by atoms with Gasteiger partial charge in [0.15, 0.2) is 0 Å². The molecule has 0 atom stereocenters. The van der Waals surface area contributed by atoms with Crippen molar-refractivity contribution in [3.63, 3.8) is 0 Å². The molecule has 0 N–H and O–H groups in total. The molecule has 3 nitrogen and oxygen atoms in total. The van der Waals surface area contributed by atoms with Gasteiger partial charge in [0, 0.05) is 0 Å². The standard InChI is InChI=1S/C14H17F3O3/c1-4-7-19-12-6-5-10(14(15,16)17)8-11(12)13(18)20-9(2)3/h5-6,8-9H,4,7H2,1-3H3. The zero-order valence-electron chi connectivity index (χ0n) is 11.6. The van der Waals surface area contributed by atoms with E-state index in [4.69, 9.17) is 9.47 Å². The van der Waals surface area contributed by atoms with Gasteiger partial charge in [0.1, 0.15) is 11.3 Å². The van der Waals surface area contributed by atoms with Crippen molar-refractivity contribution >= 4 is 5.97 Å². The van der Waals surface area contributed by atoms with Gasteiger partial charge in [-0.3, -0.25) is 0 Å². The van der Waals surface area contributed by atoms with Gasteiger partial charge in [0.2, 0.25) is 0 Å². The molecule has 0 aliphatic carbocycles. The highest BCUT2D eigenvalue weighted by Gasteiger charge is 2.32. The van der Waals surface area contributed by atoms with Crippen molar-refractivity contribution in [1.29, 1.82) is 0 Å². The number of carbonyl (C=O) groups is 1. The Hall–Kier alpha value is -1.72. The Morgan fingerprint density at radius 2 is 1.95 bits per heavy atom. The molecule has 112 valence electrons. The first-order chi connectivity index (χ1) is 9.25. The van der Waals surface area contributed by atoms with Crippen LogP contribution in [0.4, 0.5) is 13.2 Å². The van der Waals surface area contributed by atoms with E-state index in [1.807, 2.05) is 6.92 Å². The lowest BCUT2D eigenvalue weighted by Crippen LogP contribution is -2.15. The van der Waals surface area contributed by atoms with Gasteiger partial charge >= 0.3 is 12.1 Å². The van der Waals surface area contributed by atoms with E-state index >= 15 is 0 Å². The Morgan fingerprint density at radius 3 is 2.45 bits per heavy atom. The number of ether oxygens (including phenoxy) is 2. The highest BCUT2D eigenvalue weighted by Crippen LogP contribution is 2.33. The van der Waals surface area contributed by atoms with Gasteiger partial charge < -0.3 is 9.47 Å². The largest absolute Gasteiger partial charge is 0.493 e. The maximum atomic E-state index is 12.7. The molecule has 1 aromatic carbocycles. The summed E-state index contributed by atoms with van der Waals surface area (Å²) in [5.74, 6) is -0.720. The van der Waals surface area contributed by atoms with Gasteiger partial charge in [-0.15, -0.1) is 0 Å².